The summed E-state index contributed by atoms with van der Waals surface area (Å²) in [5.41, 5.74) is 1.92. The first-order valence-corrected chi connectivity index (χ1v) is 6.96. The topological polar surface area (TPSA) is 48.1 Å². The standard InChI is InChI=1S/C14H16N4S2/c1-15-13(19)17-11-7-3-6-10-9(11)5-4-8-12(10)18-14(20)16-2/h3-8H,1-2H3,(H2,15,17,19)(H2,16,18,20). The van der Waals surface area contributed by atoms with Gasteiger partial charge in [0.15, 0.2) is 10.2 Å². The van der Waals surface area contributed by atoms with Gasteiger partial charge < -0.3 is 21.3 Å². The maximum atomic E-state index is 5.15. The van der Waals surface area contributed by atoms with Gasteiger partial charge in [-0.05, 0) is 36.6 Å². The Hall–Kier alpha value is -1.92. The molecule has 0 bridgehead atoms. The van der Waals surface area contributed by atoms with Crippen LogP contribution in [-0.2, 0) is 0 Å². The number of thiocarbonyl (C=S) groups is 2. The van der Waals surface area contributed by atoms with Gasteiger partial charge in [0.25, 0.3) is 0 Å². The number of rotatable bonds is 2. The molecule has 0 atom stereocenters. The van der Waals surface area contributed by atoms with Gasteiger partial charge in [0.05, 0.1) is 0 Å². The first kappa shape index (κ1) is 14.5. The molecule has 4 N–H and O–H groups in total. The maximum Gasteiger partial charge on any atom is 0.170 e. The fourth-order valence-electron chi connectivity index (χ4n) is 1.90. The number of anilines is 2. The monoisotopic (exact) mass is 304 g/mol. The Morgan fingerprint density at radius 1 is 0.750 bits per heavy atom. The van der Waals surface area contributed by atoms with Crippen LogP contribution in [0.3, 0.4) is 0 Å². The van der Waals surface area contributed by atoms with Crippen LogP contribution in [0, 0.1) is 0 Å². The molecule has 0 fully saturated rings. The summed E-state index contributed by atoms with van der Waals surface area (Å²) in [5, 5.41) is 15.5. The molecule has 0 heterocycles. The Balaban J connectivity index is 2.46. The Bertz CT molecular complexity index is 597. The summed E-state index contributed by atoms with van der Waals surface area (Å²) in [6.45, 7) is 0. The van der Waals surface area contributed by atoms with E-state index in [4.69, 9.17) is 24.4 Å². The highest BCUT2D eigenvalue weighted by molar-refractivity contribution is 7.80. The van der Waals surface area contributed by atoms with Crippen molar-refractivity contribution in [1.82, 2.24) is 10.6 Å². The number of benzene rings is 2. The molecular weight excluding hydrogens is 288 g/mol. The molecule has 0 amide bonds. The molecule has 0 aromatic heterocycles. The highest BCUT2D eigenvalue weighted by Crippen LogP contribution is 2.29. The minimum atomic E-state index is 0.585. The van der Waals surface area contributed by atoms with Crippen molar-refractivity contribution in [3.8, 4) is 0 Å². The summed E-state index contributed by atoms with van der Waals surface area (Å²) < 4.78 is 0. The molecule has 0 aliphatic heterocycles. The van der Waals surface area contributed by atoms with E-state index >= 15 is 0 Å². The van der Waals surface area contributed by atoms with E-state index in [1.165, 1.54) is 0 Å². The fraction of sp³-hybridized carbons (Fsp3) is 0.143. The predicted molar refractivity (Wildman–Crippen MR) is 94.5 cm³/mol. The van der Waals surface area contributed by atoms with E-state index in [0.717, 1.165) is 22.1 Å². The van der Waals surface area contributed by atoms with E-state index in [1.807, 2.05) is 36.4 Å². The molecule has 2 aromatic rings. The normalized spacial score (nSPS) is 9.90. The second-order valence-electron chi connectivity index (χ2n) is 4.11. The molecular formula is C14H16N4S2. The largest absolute Gasteiger partial charge is 0.366 e. The average molecular weight is 304 g/mol. The smallest absolute Gasteiger partial charge is 0.170 e. The van der Waals surface area contributed by atoms with E-state index in [9.17, 15) is 0 Å². The van der Waals surface area contributed by atoms with Crippen molar-refractivity contribution >= 4 is 56.8 Å². The molecule has 0 saturated heterocycles. The number of hydrogen-bond donors (Lipinski definition) is 4. The molecule has 2 rings (SSSR count). The molecule has 0 saturated carbocycles. The lowest BCUT2D eigenvalue weighted by atomic mass is 10.1. The molecule has 0 unspecified atom stereocenters. The summed E-state index contributed by atoms with van der Waals surface area (Å²) in [6.07, 6.45) is 0. The number of nitrogens with one attached hydrogen (secondary N) is 4. The molecule has 4 nitrogen and oxygen atoms in total. The molecule has 104 valence electrons. The van der Waals surface area contributed by atoms with Crippen LogP contribution in [0.2, 0.25) is 0 Å². The summed E-state index contributed by atoms with van der Waals surface area (Å²) >= 11 is 10.3. The van der Waals surface area contributed by atoms with E-state index in [1.54, 1.807) is 14.1 Å². The maximum absolute atomic E-state index is 5.15. The van der Waals surface area contributed by atoms with Gasteiger partial charge in [0.2, 0.25) is 0 Å². The van der Waals surface area contributed by atoms with E-state index < -0.39 is 0 Å². The van der Waals surface area contributed by atoms with Crippen LogP contribution in [0.25, 0.3) is 10.8 Å². The molecule has 2 aromatic carbocycles. The van der Waals surface area contributed by atoms with Crippen molar-refractivity contribution in [3.63, 3.8) is 0 Å². The summed E-state index contributed by atoms with van der Waals surface area (Å²) in [7, 11) is 3.58. The van der Waals surface area contributed by atoms with Gasteiger partial charge in [-0.1, -0.05) is 24.3 Å². The molecule has 6 heteroatoms. The highest BCUT2D eigenvalue weighted by Gasteiger charge is 2.06. The lowest BCUT2D eigenvalue weighted by Crippen LogP contribution is -2.25. The van der Waals surface area contributed by atoms with Gasteiger partial charge in [-0.3, -0.25) is 0 Å². The van der Waals surface area contributed by atoms with E-state index in [2.05, 4.69) is 21.3 Å². The van der Waals surface area contributed by atoms with Gasteiger partial charge >= 0.3 is 0 Å². The second-order valence-corrected chi connectivity index (χ2v) is 4.93. The summed E-state index contributed by atoms with van der Waals surface area (Å²) in [5.74, 6) is 0. The van der Waals surface area contributed by atoms with Crippen LogP contribution >= 0.6 is 24.4 Å². The van der Waals surface area contributed by atoms with Crippen LogP contribution in [0.1, 0.15) is 0 Å². The minimum absolute atomic E-state index is 0.585. The van der Waals surface area contributed by atoms with Crippen LogP contribution in [0.5, 0.6) is 0 Å². The quantitative estimate of drug-likeness (QED) is 0.640. The first-order chi connectivity index (χ1) is 9.65. The van der Waals surface area contributed by atoms with Crippen molar-refractivity contribution in [2.45, 2.75) is 0 Å². The SMILES string of the molecule is CNC(=S)Nc1cccc2c(NC(=S)NC)cccc12. The predicted octanol–water partition coefficient (Wildman–Crippen LogP) is 2.67. The van der Waals surface area contributed by atoms with Gasteiger partial charge in [0.1, 0.15) is 0 Å². The van der Waals surface area contributed by atoms with E-state index in [-0.39, 0.29) is 0 Å². The Morgan fingerprint density at radius 3 is 1.50 bits per heavy atom. The lowest BCUT2D eigenvalue weighted by molar-refractivity contribution is 1.20. The summed E-state index contributed by atoms with van der Waals surface area (Å²) in [4.78, 5) is 0. The van der Waals surface area contributed by atoms with Gasteiger partial charge in [-0.15, -0.1) is 0 Å². The molecule has 0 spiro atoms. The van der Waals surface area contributed by atoms with Crippen molar-refractivity contribution in [3.05, 3.63) is 36.4 Å². The van der Waals surface area contributed by atoms with Gasteiger partial charge in [0, 0.05) is 36.2 Å². The van der Waals surface area contributed by atoms with Crippen LogP contribution < -0.4 is 21.3 Å². The number of fused-ring (bicyclic) bond motifs is 1. The first-order valence-electron chi connectivity index (χ1n) is 6.15. The third kappa shape index (κ3) is 3.15. The van der Waals surface area contributed by atoms with Crippen molar-refractivity contribution in [2.24, 2.45) is 0 Å². The third-order valence-electron chi connectivity index (χ3n) is 2.87. The molecule has 0 aliphatic rings. The van der Waals surface area contributed by atoms with Gasteiger partial charge in [-0.25, -0.2) is 0 Å². The van der Waals surface area contributed by atoms with Crippen molar-refractivity contribution < 1.29 is 0 Å². The Morgan fingerprint density at radius 2 is 1.15 bits per heavy atom. The van der Waals surface area contributed by atoms with Gasteiger partial charge in [-0.2, -0.15) is 0 Å². The highest BCUT2D eigenvalue weighted by atomic mass is 32.1. The molecule has 20 heavy (non-hydrogen) atoms. The zero-order valence-corrected chi connectivity index (χ0v) is 12.9. The second kappa shape index (κ2) is 6.49. The minimum Gasteiger partial charge on any atom is -0.366 e. The van der Waals surface area contributed by atoms with Crippen molar-refractivity contribution in [1.29, 1.82) is 0 Å². The van der Waals surface area contributed by atoms with Crippen molar-refractivity contribution in [2.75, 3.05) is 24.7 Å². The Kier molecular flexibility index (Phi) is 4.70. The zero-order chi connectivity index (χ0) is 14.5. The fourth-order valence-corrected chi connectivity index (χ4v) is 2.12. The van der Waals surface area contributed by atoms with E-state index in [0.29, 0.717) is 10.2 Å². The molecule has 0 radical (unpaired) electrons. The van der Waals surface area contributed by atoms with Crippen LogP contribution in [-0.4, -0.2) is 24.3 Å². The Labute approximate surface area is 128 Å². The number of hydrogen-bond acceptors (Lipinski definition) is 2. The van der Waals surface area contributed by atoms with Crippen LogP contribution in [0.15, 0.2) is 36.4 Å². The molecule has 0 aliphatic carbocycles. The average Bonchev–Trinajstić information content (AvgIpc) is 2.47. The lowest BCUT2D eigenvalue weighted by Gasteiger charge is -2.14. The third-order valence-corrected chi connectivity index (χ3v) is 3.48. The summed E-state index contributed by atoms with van der Waals surface area (Å²) in [6, 6.07) is 12.0. The van der Waals surface area contributed by atoms with Crippen LogP contribution in [0.4, 0.5) is 11.4 Å². The zero-order valence-electron chi connectivity index (χ0n) is 11.3.